The standard InChI is InChI=1S/C14H15NO3/c16-12-4-1-3-11(9-12)10-15-14(17)7-6-13-5-2-8-18-13/h1-5,8-9,16H,6-7,10H2,(H,15,17). The molecule has 0 aliphatic rings. The number of carbonyl (C=O) groups excluding carboxylic acids is 1. The number of carbonyl (C=O) groups is 1. The Morgan fingerprint density at radius 3 is 2.89 bits per heavy atom. The average Bonchev–Trinajstić information content (AvgIpc) is 2.87. The van der Waals surface area contributed by atoms with E-state index in [4.69, 9.17) is 4.42 Å². The van der Waals surface area contributed by atoms with Gasteiger partial charge in [0.05, 0.1) is 6.26 Å². The third-order valence-corrected chi connectivity index (χ3v) is 2.58. The Morgan fingerprint density at radius 2 is 2.17 bits per heavy atom. The van der Waals surface area contributed by atoms with E-state index in [1.54, 1.807) is 30.5 Å². The van der Waals surface area contributed by atoms with E-state index in [1.807, 2.05) is 12.1 Å². The molecule has 1 aromatic carbocycles. The molecule has 4 nitrogen and oxygen atoms in total. The summed E-state index contributed by atoms with van der Waals surface area (Å²) in [6.07, 6.45) is 2.59. The number of aromatic hydroxyl groups is 1. The molecule has 18 heavy (non-hydrogen) atoms. The summed E-state index contributed by atoms with van der Waals surface area (Å²) in [5.41, 5.74) is 0.876. The van der Waals surface area contributed by atoms with Crippen LogP contribution in [-0.4, -0.2) is 11.0 Å². The van der Waals surface area contributed by atoms with Gasteiger partial charge in [0.1, 0.15) is 11.5 Å². The van der Waals surface area contributed by atoms with Crippen LogP contribution < -0.4 is 5.32 Å². The molecule has 1 heterocycles. The number of phenolic OH excluding ortho intramolecular Hbond substituents is 1. The van der Waals surface area contributed by atoms with Gasteiger partial charge in [-0.15, -0.1) is 0 Å². The summed E-state index contributed by atoms with van der Waals surface area (Å²) < 4.78 is 5.15. The molecule has 0 saturated heterocycles. The maximum atomic E-state index is 11.6. The summed E-state index contributed by atoms with van der Waals surface area (Å²) in [6, 6.07) is 10.5. The third-order valence-electron chi connectivity index (χ3n) is 2.58. The van der Waals surface area contributed by atoms with Crippen molar-refractivity contribution in [3.05, 3.63) is 54.0 Å². The maximum Gasteiger partial charge on any atom is 0.220 e. The van der Waals surface area contributed by atoms with Gasteiger partial charge in [0, 0.05) is 19.4 Å². The molecule has 1 aromatic heterocycles. The number of phenols is 1. The molecule has 0 aliphatic heterocycles. The molecule has 4 heteroatoms. The van der Waals surface area contributed by atoms with E-state index in [-0.39, 0.29) is 11.7 Å². The first kappa shape index (κ1) is 12.2. The second-order valence-corrected chi connectivity index (χ2v) is 4.03. The molecule has 0 spiro atoms. The van der Waals surface area contributed by atoms with Gasteiger partial charge in [-0.05, 0) is 29.8 Å². The lowest BCUT2D eigenvalue weighted by atomic mass is 10.2. The quantitative estimate of drug-likeness (QED) is 0.849. The third kappa shape index (κ3) is 3.66. The van der Waals surface area contributed by atoms with Crippen molar-refractivity contribution in [3.8, 4) is 5.75 Å². The van der Waals surface area contributed by atoms with E-state index in [0.717, 1.165) is 11.3 Å². The van der Waals surface area contributed by atoms with Crippen molar-refractivity contribution in [2.24, 2.45) is 0 Å². The number of hydrogen-bond donors (Lipinski definition) is 2. The number of nitrogens with one attached hydrogen (secondary N) is 1. The zero-order valence-electron chi connectivity index (χ0n) is 9.93. The first-order valence-corrected chi connectivity index (χ1v) is 5.81. The van der Waals surface area contributed by atoms with E-state index in [9.17, 15) is 9.90 Å². The van der Waals surface area contributed by atoms with Crippen LogP contribution in [0.4, 0.5) is 0 Å². The lowest BCUT2D eigenvalue weighted by molar-refractivity contribution is -0.121. The fourth-order valence-electron chi connectivity index (χ4n) is 1.65. The Kier molecular flexibility index (Phi) is 4.02. The van der Waals surface area contributed by atoms with E-state index in [1.165, 1.54) is 0 Å². The van der Waals surface area contributed by atoms with Gasteiger partial charge in [-0.2, -0.15) is 0 Å². The molecule has 0 saturated carbocycles. The van der Waals surface area contributed by atoms with Crippen molar-refractivity contribution in [2.45, 2.75) is 19.4 Å². The van der Waals surface area contributed by atoms with Gasteiger partial charge < -0.3 is 14.8 Å². The van der Waals surface area contributed by atoms with Gasteiger partial charge in [0.25, 0.3) is 0 Å². The molecule has 1 amide bonds. The molecule has 0 unspecified atom stereocenters. The average molecular weight is 245 g/mol. The lowest BCUT2D eigenvalue weighted by Gasteiger charge is -2.05. The van der Waals surface area contributed by atoms with Crippen LogP contribution in [-0.2, 0) is 17.8 Å². The Morgan fingerprint density at radius 1 is 1.28 bits per heavy atom. The van der Waals surface area contributed by atoms with Gasteiger partial charge in [-0.25, -0.2) is 0 Å². The highest BCUT2D eigenvalue weighted by Crippen LogP contribution is 2.10. The van der Waals surface area contributed by atoms with Crippen LogP contribution in [0.15, 0.2) is 47.1 Å². The van der Waals surface area contributed by atoms with Crippen LogP contribution in [0.5, 0.6) is 5.75 Å². The van der Waals surface area contributed by atoms with Crippen LogP contribution >= 0.6 is 0 Å². The van der Waals surface area contributed by atoms with Crippen LogP contribution in [0.2, 0.25) is 0 Å². The van der Waals surface area contributed by atoms with Crippen molar-refractivity contribution < 1.29 is 14.3 Å². The van der Waals surface area contributed by atoms with Gasteiger partial charge in [0.15, 0.2) is 0 Å². The van der Waals surface area contributed by atoms with Crippen LogP contribution in [0.1, 0.15) is 17.7 Å². The highest BCUT2D eigenvalue weighted by Gasteiger charge is 2.04. The maximum absolute atomic E-state index is 11.6. The van der Waals surface area contributed by atoms with Crippen molar-refractivity contribution in [1.29, 1.82) is 0 Å². The molecule has 2 N–H and O–H groups in total. The van der Waals surface area contributed by atoms with E-state index in [0.29, 0.717) is 19.4 Å². The molecule has 94 valence electrons. The summed E-state index contributed by atoms with van der Waals surface area (Å²) in [5.74, 6) is 0.981. The van der Waals surface area contributed by atoms with Gasteiger partial charge in [0.2, 0.25) is 5.91 Å². The molecular weight excluding hydrogens is 230 g/mol. The summed E-state index contributed by atoms with van der Waals surface area (Å²) in [7, 11) is 0. The number of furan rings is 1. The summed E-state index contributed by atoms with van der Waals surface area (Å²) >= 11 is 0. The first-order valence-electron chi connectivity index (χ1n) is 5.81. The molecule has 0 fully saturated rings. The predicted molar refractivity (Wildman–Crippen MR) is 67.0 cm³/mol. The Balaban J connectivity index is 1.75. The number of aryl methyl sites for hydroxylation is 1. The predicted octanol–water partition coefficient (Wildman–Crippen LogP) is 2.23. The van der Waals surface area contributed by atoms with Gasteiger partial charge in [-0.3, -0.25) is 4.79 Å². The normalized spacial score (nSPS) is 10.2. The minimum atomic E-state index is -0.0326. The molecule has 2 rings (SSSR count). The van der Waals surface area contributed by atoms with Crippen molar-refractivity contribution in [3.63, 3.8) is 0 Å². The van der Waals surface area contributed by atoms with Crippen LogP contribution in [0.25, 0.3) is 0 Å². The fraction of sp³-hybridized carbons (Fsp3) is 0.214. The Bertz CT molecular complexity index is 506. The van der Waals surface area contributed by atoms with Gasteiger partial charge >= 0.3 is 0 Å². The second kappa shape index (κ2) is 5.91. The number of hydrogen-bond acceptors (Lipinski definition) is 3. The molecule has 2 aromatic rings. The van der Waals surface area contributed by atoms with E-state index >= 15 is 0 Å². The molecule has 0 radical (unpaired) electrons. The van der Waals surface area contributed by atoms with E-state index in [2.05, 4.69) is 5.32 Å². The largest absolute Gasteiger partial charge is 0.508 e. The minimum Gasteiger partial charge on any atom is -0.508 e. The Hall–Kier alpha value is -2.23. The fourth-order valence-corrected chi connectivity index (χ4v) is 1.65. The smallest absolute Gasteiger partial charge is 0.220 e. The zero-order chi connectivity index (χ0) is 12.8. The number of amides is 1. The summed E-state index contributed by atoms with van der Waals surface area (Å²) in [5, 5.41) is 12.1. The molecular formula is C14H15NO3. The summed E-state index contributed by atoms with van der Waals surface area (Å²) in [4.78, 5) is 11.6. The SMILES string of the molecule is O=C(CCc1ccco1)NCc1cccc(O)c1. The molecule has 0 aliphatic carbocycles. The topological polar surface area (TPSA) is 62.5 Å². The second-order valence-electron chi connectivity index (χ2n) is 4.03. The first-order chi connectivity index (χ1) is 8.74. The lowest BCUT2D eigenvalue weighted by Crippen LogP contribution is -2.22. The molecule has 0 bridgehead atoms. The Labute approximate surface area is 105 Å². The number of rotatable bonds is 5. The van der Waals surface area contributed by atoms with E-state index < -0.39 is 0 Å². The van der Waals surface area contributed by atoms with Crippen molar-refractivity contribution >= 4 is 5.91 Å². The van der Waals surface area contributed by atoms with Crippen LogP contribution in [0.3, 0.4) is 0 Å². The van der Waals surface area contributed by atoms with Crippen LogP contribution in [0, 0.1) is 0 Å². The zero-order valence-corrected chi connectivity index (χ0v) is 9.93. The molecule has 0 atom stereocenters. The van der Waals surface area contributed by atoms with Crippen molar-refractivity contribution in [1.82, 2.24) is 5.32 Å². The highest BCUT2D eigenvalue weighted by molar-refractivity contribution is 5.76. The minimum absolute atomic E-state index is 0.0326. The number of benzene rings is 1. The monoisotopic (exact) mass is 245 g/mol. The summed E-state index contributed by atoms with van der Waals surface area (Å²) in [6.45, 7) is 0.422. The van der Waals surface area contributed by atoms with Crippen molar-refractivity contribution in [2.75, 3.05) is 0 Å². The highest BCUT2D eigenvalue weighted by atomic mass is 16.3. The van der Waals surface area contributed by atoms with Gasteiger partial charge in [-0.1, -0.05) is 12.1 Å².